The lowest BCUT2D eigenvalue weighted by atomic mass is 10.5. The normalized spacial score (nSPS) is 13.9. The van der Waals surface area contributed by atoms with Crippen molar-refractivity contribution in [2.24, 2.45) is 0 Å². The van der Waals surface area contributed by atoms with E-state index in [1.165, 1.54) is 0 Å². The van der Waals surface area contributed by atoms with Crippen LogP contribution in [0.15, 0.2) is 0 Å². The first-order valence-corrected chi connectivity index (χ1v) is 4.62. The lowest BCUT2D eigenvalue weighted by Gasteiger charge is -2.03. The van der Waals surface area contributed by atoms with Crippen LogP contribution in [0.25, 0.3) is 0 Å². The predicted octanol–water partition coefficient (Wildman–Crippen LogP) is 2.18. The molecule has 1 atom stereocenters. The Labute approximate surface area is 67.0 Å². The Morgan fingerprint density at radius 3 is 2.62 bits per heavy atom. The number of rotatable bonds is 4. The summed E-state index contributed by atoms with van der Waals surface area (Å²) in [5.74, 6) is 0. The van der Waals surface area contributed by atoms with Crippen molar-refractivity contribution in [2.45, 2.75) is 11.8 Å². The molecule has 50 valence electrons. The summed E-state index contributed by atoms with van der Waals surface area (Å²) in [5.41, 5.74) is 0. The Kier molecular flexibility index (Phi) is 6.74. The van der Waals surface area contributed by atoms with Crippen LogP contribution in [0.1, 0.15) is 6.92 Å². The van der Waals surface area contributed by atoms with Crippen molar-refractivity contribution in [2.75, 3.05) is 18.5 Å². The molecule has 1 unspecified atom stereocenters. The predicted molar refractivity (Wildman–Crippen MR) is 43.0 cm³/mol. The third-order valence-electron chi connectivity index (χ3n) is 0.670. The number of halogens is 2. The van der Waals surface area contributed by atoms with Crippen molar-refractivity contribution in [1.29, 1.82) is 0 Å². The molecule has 1 nitrogen and oxygen atoms in total. The highest BCUT2D eigenvalue weighted by atomic mass is 79.9. The summed E-state index contributed by atoms with van der Waals surface area (Å²) in [5, 5.41) is 0.951. The quantitative estimate of drug-likeness (QED) is 0.690. The topological polar surface area (TPSA) is 9.23 Å². The lowest BCUT2D eigenvalue weighted by molar-refractivity contribution is 0.153. The minimum Gasteiger partial charge on any atom is -0.381 e. The van der Waals surface area contributed by atoms with Gasteiger partial charge in [0.15, 0.2) is 0 Å². The molecule has 0 aromatic carbocycles. The molecule has 0 amide bonds. The van der Waals surface area contributed by atoms with Gasteiger partial charge in [0.2, 0.25) is 0 Å². The van der Waals surface area contributed by atoms with Gasteiger partial charge in [0.1, 0.15) is 0 Å². The van der Waals surface area contributed by atoms with Gasteiger partial charge in [-0.15, -0.1) is 0 Å². The highest BCUT2D eigenvalue weighted by Gasteiger charge is 1.98. The fourth-order valence-electron chi connectivity index (χ4n) is 0.290. The third kappa shape index (κ3) is 5.06. The summed E-state index contributed by atoms with van der Waals surface area (Å²) in [4.78, 5) is 0.461. The minimum atomic E-state index is 0.461. The lowest BCUT2D eigenvalue weighted by Crippen LogP contribution is -2.08. The third-order valence-corrected chi connectivity index (χ3v) is 2.91. The molecule has 0 aromatic rings. The Hall–Kier alpha value is 0.920. The van der Waals surface area contributed by atoms with E-state index in [0.29, 0.717) is 4.83 Å². The van der Waals surface area contributed by atoms with Crippen LogP contribution >= 0.6 is 31.9 Å². The van der Waals surface area contributed by atoms with E-state index in [1.807, 2.05) is 6.92 Å². The smallest absolute Gasteiger partial charge is 0.0599 e. The van der Waals surface area contributed by atoms with E-state index in [4.69, 9.17) is 4.74 Å². The van der Waals surface area contributed by atoms with E-state index >= 15 is 0 Å². The molecule has 0 saturated carbocycles. The second kappa shape index (κ2) is 6.05. The van der Waals surface area contributed by atoms with Crippen molar-refractivity contribution in [3.8, 4) is 0 Å². The van der Waals surface area contributed by atoms with Gasteiger partial charge in [0.25, 0.3) is 0 Å². The molecule has 0 aliphatic carbocycles. The van der Waals surface area contributed by atoms with Crippen molar-refractivity contribution in [1.82, 2.24) is 0 Å². The van der Waals surface area contributed by atoms with Crippen molar-refractivity contribution >= 4 is 31.9 Å². The van der Waals surface area contributed by atoms with E-state index in [2.05, 4.69) is 31.9 Å². The van der Waals surface area contributed by atoms with Gasteiger partial charge in [-0.25, -0.2) is 0 Å². The van der Waals surface area contributed by atoms with Crippen LogP contribution < -0.4 is 0 Å². The Morgan fingerprint density at radius 2 is 2.25 bits per heavy atom. The molecule has 0 N–H and O–H groups in total. The summed E-state index contributed by atoms with van der Waals surface area (Å²) in [7, 11) is 0. The zero-order valence-electron chi connectivity index (χ0n) is 4.86. The van der Waals surface area contributed by atoms with Gasteiger partial charge in [0, 0.05) is 16.8 Å². The first-order chi connectivity index (χ1) is 3.81. The van der Waals surface area contributed by atoms with Crippen molar-refractivity contribution < 1.29 is 4.74 Å². The molecule has 0 bridgehead atoms. The van der Waals surface area contributed by atoms with Gasteiger partial charge >= 0.3 is 0 Å². The van der Waals surface area contributed by atoms with Crippen molar-refractivity contribution in [3.63, 3.8) is 0 Å². The Morgan fingerprint density at radius 1 is 1.62 bits per heavy atom. The van der Waals surface area contributed by atoms with Crippen LogP contribution in [-0.4, -0.2) is 23.4 Å². The van der Waals surface area contributed by atoms with Crippen LogP contribution in [0.2, 0.25) is 0 Å². The Bertz CT molecular complexity index is 49.7. The molecular formula is C5H10Br2O. The molecule has 0 aromatic heterocycles. The maximum absolute atomic E-state index is 5.11. The summed E-state index contributed by atoms with van der Waals surface area (Å²) in [6.45, 7) is 3.59. The fourth-order valence-corrected chi connectivity index (χ4v) is 0.664. The number of hydrogen-bond donors (Lipinski definition) is 0. The van der Waals surface area contributed by atoms with Crippen LogP contribution in [0.4, 0.5) is 0 Å². The summed E-state index contributed by atoms with van der Waals surface area (Å²) >= 11 is 6.72. The average Bonchev–Trinajstić information content (AvgIpc) is 1.83. The van der Waals surface area contributed by atoms with Gasteiger partial charge in [-0.1, -0.05) is 31.9 Å². The van der Waals surface area contributed by atoms with E-state index in [-0.39, 0.29) is 0 Å². The first-order valence-electron chi connectivity index (χ1n) is 2.59. The molecule has 0 spiro atoms. The summed E-state index contributed by atoms with van der Waals surface area (Å²) < 4.78 is 5.11. The van der Waals surface area contributed by atoms with Crippen LogP contribution in [0.5, 0.6) is 0 Å². The molecular weight excluding hydrogens is 236 g/mol. The molecule has 8 heavy (non-hydrogen) atoms. The first kappa shape index (κ1) is 8.92. The highest BCUT2D eigenvalue weighted by Crippen LogP contribution is 2.02. The highest BCUT2D eigenvalue weighted by molar-refractivity contribution is 9.12. The van der Waals surface area contributed by atoms with Crippen molar-refractivity contribution in [3.05, 3.63) is 0 Å². The van der Waals surface area contributed by atoms with Crippen LogP contribution in [0.3, 0.4) is 0 Å². The van der Waals surface area contributed by atoms with Gasteiger partial charge < -0.3 is 4.74 Å². The molecule has 0 aliphatic rings. The second-order valence-corrected chi connectivity index (χ2v) is 3.35. The minimum absolute atomic E-state index is 0.461. The van der Waals surface area contributed by atoms with Gasteiger partial charge in [-0.3, -0.25) is 0 Å². The molecule has 0 heterocycles. The molecule has 0 radical (unpaired) electrons. The maximum Gasteiger partial charge on any atom is 0.0599 e. The standard InChI is InChI=1S/C5H10Br2O/c1-2-8-4-5(7)3-6/h5H,2-4H2,1H3. The number of alkyl halides is 2. The summed E-state index contributed by atoms with van der Waals surface area (Å²) in [6.07, 6.45) is 0. The molecule has 0 saturated heterocycles. The van der Waals surface area contributed by atoms with E-state index in [9.17, 15) is 0 Å². The SMILES string of the molecule is CCOCC(Br)CBr. The second-order valence-electron chi connectivity index (χ2n) is 1.41. The molecule has 0 fully saturated rings. The maximum atomic E-state index is 5.11. The number of ether oxygens (including phenoxy) is 1. The van der Waals surface area contributed by atoms with E-state index in [1.54, 1.807) is 0 Å². The number of hydrogen-bond acceptors (Lipinski definition) is 1. The fraction of sp³-hybridized carbons (Fsp3) is 1.00. The average molecular weight is 246 g/mol. The van der Waals surface area contributed by atoms with Gasteiger partial charge in [-0.05, 0) is 6.92 Å². The summed E-state index contributed by atoms with van der Waals surface area (Å²) in [6, 6.07) is 0. The largest absolute Gasteiger partial charge is 0.381 e. The van der Waals surface area contributed by atoms with Gasteiger partial charge in [0.05, 0.1) is 6.61 Å². The zero-order valence-corrected chi connectivity index (χ0v) is 8.03. The molecule has 3 heteroatoms. The van der Waals surface area contributed by atoms with E-state index in [0.717, 1.165) is 18.5 Å². The molecule has 0 aliphatic heterocycles. The van der Waals surface area contributed by atoms with Crippen LogP contribution in [-0.2, 0) is 4.74 Å². The van der Waals surface area contributed by atoms with Gasteiger partial charge in [-0.2, -0.15) is 0 Å². The Balaban J connectivity index is 2.86. The van der Waals surface area contributed by atoms with E-state index < -0.39 is 0 Å². The zero-order chi connectivity index (χ0) is 6.41. The van der Waals surface area contributed by atoms with Crippen LogP contribution in [0, 0.1) is 0 Å². The molecule has 0 rings (SSSR count). The monoisotopic (exact) mass is 244 g/mol.